The van der Waals surface area contributed by atoms with Crippen LogP contribution in [0.3, 0.4) is 0 Å². The molecule has 0 fully saturated rings. The molecule has 21 heavy (non-hydrogen) atoms. The van der Waals surface area contributed by atoms with Gasteiger partial charge in [0.2, 0.25) is 5.91 Å². The largest absolute Gasteiger partial charge is 0.368 e. The Morgan fingerprint density at radius 3 is 2.52 bits per heavy atom. The van der Waals surface area contributed by atoms with Gasteiger partial charge in [-0.25, -0.2) is 10.8 Å². The summed E-state index contributed by atoms with van der Waals surface area (Å²) < 4.78 is 0. The van der Waals surface area contributed by atoms with Crippen LogP contribution < -0.4 is 22.3 Å². The zero-order chi connectivity index (χ0) is 15.6. The number of pyridine rings is 1. The summed E-state index contributed by atoms with van der Waals surface area (Å²) in [5.74, 6) is 4.70. The first-order valence-corrected chi connectivity index (χ1v) is 6.34. The first kappa shape index (κ1) is 14.7. The smallest absolute Gasteiger partial charge is 0.270 e. The van der Waals surface area contributed by atoms with E-state index in [9.17, 15) is 9.59 Å². The number of nitrogens with two attached hydrogens (primary N) is 2. The zero-order valence-electron chi connectivity index (χ0n) is 11.8. The van der Waals surface area contributed by atoms with Crippen molar-refractivity contribution in [2.45, 2.75) is 19.4 Å². The number of rotatable bonds is 4. The number of benzene rings is 1. The van der Waals surface area contributed by atoms with Crippen LogP contribution in [0, 0.1) is 0 Å². The topological polar surface area (TPSA) is 123 Å². The first-order valence-electron chi connectivity index (χ1n) is 6.34. The first-order chi connectivity index (χ1) is 9.85. The van der Waals surface area contributed by atoms with Gasteiger partial charge in [-0.05, 0) is 25.3 Å². The molecular formula is C14H17N5O2. The van der Waals surface area contributed by atoms with E-state index in [4.69, 9.17) is 11.6 Å². The number of nitrogens with zero attached hydrogens (tertiary/aromatic N) is 1. The van der Waals surface area contributed by atoms with Crippen LogP contribution in [0.2, 0.25) is 0 Å². The highest BCUT2D eigenvalue weighted by molar-refractivity contribution is 6.02. The predicted octanol–water partition coefficient (Wildman–Crippen LogP) is 0.514. The second kappa shape index (κ2) is 5.37. The second-order valence-electron chi connectivity index (χ2n) is 5.16. The zero-order valence-corrected chi connectivity index (χ0v) is 11.8. The van der Waals surface area contributed by atoms with Gasteiger partial charge in [0.05, 0.1) is 0 Å². The maximum Gasteiger partial charge on any atom is 0.270 e. The molecule has 0 aliphatic carbocycles. The molecule has 6 N–H and O–H groups in total. The predicted molar refractivity (Wildman–Crippen MR) is 80.3 cm³/mol. The summed E-state index contributed by atoms with van der Waals surface area (Å²) in [5, 5.41) is 4.15. The molecule has 0 bridgehead atoms. The molecule has 2 amide bonds. The summed E-state index contributed by atoms with van der Waals surface area (Å²) in [6, 6.07) is 9.00. The molecule has 0 saturated heterocycles. The Bertz CT molecular complexity index is 712. The highest BCUT2D eigenvalue weighted by Crippen LogP contribution is 2.22. The van der Waals surface area contributed by atoms with Crippen molar-refractivity contribution in [3.63, 3.8) is 0 Å². The van der Waals surface area contributed by atoms with Crippen molar-refractivity contribution in [3.05, 3.63) is 36.0 Å². The lowest BCUT2D eigenvalue weighted by Crippen LogP contribution is -2.53. The third-order valence-electron chi connectivity index (χ3n) is 3.15. The van der Waals surface area contributed by atoms with Gasteiger partial charge in [0, 0.05) is 5.39 Å². The summed E-state index contributed by atoms with van der Waals surface area (Å²) in [5.41, 5.74) is 6.69. The maximum atomic E-state index is 12.2. The molecule has 0 spiro atoms. The van der Waals surface area contributed by atoms with Crippen molar-refractivity contribution < 1.29 is 9.59 Å². The molecule has 1 aromatic carbocycles. The van der Waals surface area contributed by atoms with E-state index < -0.39 is 17.4 Å². The lowest BCUT2D eigenvalue weighted by molar-refractivity contribution is -0.122. The molecule has 110 valence electrons. The highest BCUT2D eigenvalue weighted by atomic mass is 16.2. The number of amides is 2. The third kappa shape index (κ3) is 2.92. The fraction of sp³-hybridized carbons (Fsp3) is 0.214. The molecule has 0 radical (unpaired) electrons. The van der Waals surface area contributed by atoms with E-state index in [1.807, 2.05) is 24.3 Å². The van der Waals surface area contributed by atoms with Crippen LogP contribution in [0.5, 0.6) is 0 Å². The normalized spacial score (nSPS) is 11.2. The average Bonchev–Trinajstić information content (AvgIpc) is 2.45. The van der Waals surface area contributed by atoms with Gasteiger partial charge in [0.15, 0.2) is 0 Å². The minimum atomic E-state index is -1.17. The van der Waals surface area contributed by atoms with Gasteiger partial charge in [-0.2, -0.15) is 0 Å². The lowest BCUT2D eigenvalue weighted by atomic mass is 10.0. The van der Waals surface area contributed by atoms with Crippen LogP contribution in [-0.4, -0.2) is 22.3 Å². The number of hydrogen-bond donors (Lipinski definition) is 4. The van der Waals surface area contributed by atoms with Crippen molar-refractivity contribution in [2.24, 2.45) is 11.6 Å². The number of nitrogens with one attached hydrogen (secondary N) is 2. The van der Waals surface area contributed by atoms with Crippen LogP contribution in [0.15, 0.2) is 30.3 Å². The molecule has 1 aromatic heterocycles. The number of primary amides is 1. The number of hydrogen-bond acceptors (Lipinski definition) is 5. The molecule has 0 saturated carbocycles. The van der Waals surface area contributed by atoms with Crippen LogP contribution in [0.25, 0.3) is 10.8 Å². The van der Waals surface area contributed by atoms with Gasteiger partial charge in [0.25, 0.3) is 5.91 Å². The SMILES string of the molecule is CC(C)(NC(=O)c1cc2ccccc2c(NN)n1)C(N)=O. The molecule has 7 nitrogen and oxygen atoms in total. The number of carbonyl (C=O) groups excluding carboxylic acids is 2. The molecule has 7 heteroatoms. The van der Waals surface area contributed by atoms with Crippen LogP contribution in [0.1, 0.15) is 24.3 Å². The second-order valence-corrected chi connectivity index (χ2v) is 5.16. The molecule has 2 aromatic rings. The van der Waals surface area contributed by atoms with E-state index in [2.05, 4.69) is 15.7 Å². The number of hydrazine groups is 1. The van der Waals surface area contributed by atoms with Gasteiger partial charge in [-0.1, -0.05) is 24.3 Å². The van der Waals surface area contributed by atoms with E-state index in [1.54, 1.807) is 6.07 Å². The van der Waals surface area contributed by atoms with Crippen molar-refractivity contribution in [1.82, 2.24) is 10.3 Å². The van der Waals surface area contributed by atoms with Crippen molar-refractivity contribution in [2.75, 3.05) is 5.43 Å². The van der Waals surface area contributed by atoms with Crippen LogP contribution >= 0.6 is 0 Å². The van der Waals surface area contributed by atoms with E-state index >= 15 is 0 Å². The Labute approximate surface area is 121 Å². The summed E-state index contributed by atoms with van der Waals surface area (Å²) in [4.78, 5) is 27.7. The monoisotopic (exact) mass is 287 g/mol. The number of fused-ring (bicyclic) bond motifs is 1. The average molecular weight is 287 g/mol. The molecule has 2 rings (SSSR count). The molecule has 0 aliphatic heterocycles. The van der Waals surface area contributed by atoms with Gasteiger partial charge in [-0.3, -0.25) is 9.59 Å². The fourth-order valence-electron chi connectivity index (χ4n) is 1.83. The van der Waals surface area contributed by atoms with E-state index in [0.29, 0.717) is 5.82 Å². The number of nitrogen functional groups attached to an aromatic ring is 1. The van der Waals surface area contributed by atoms with Crippen LogP contribution in [-0.2, 0) is 4.79 Å². The maximum absolute atomic E-state index is 12.2. The van der Waals surface area contributed by atoms with Gasteiger partial charge < -0.3 is 16.5 Å². The Morgan fingerprint density at radius 2 is 1.90 bits per heavy atom. The molecule has 0 atom stereocenters. The highest BCUT2D eigenvalue weighted by Gasteiger charge is 2.28. The van der Waals surface area contributed by atoms with E-state index in [0.717, 1.165) is 10.8 Å². The quantitative estimate of drug-likeness (QED) is 0.482. The van der Waals surface area contributed by atoms with Crippen molar-refractivity contribution >= 4 is 28.4 Å². The van der Waals surface area contributed by atoms with Gasteiger partial charge in [0.1, 0.15) is 17.1 Å². The Morgan fingerprint density at radius 1 is 1.24 bits per heavy atom. The summed E-state index contributed by atoms with van der Waals surface area (Å²) in [6.07, 6.45) is 0. The summed E-state index contributed by atoms with van der Waals surface area (Å²) in [7, 11) is 0. The Hall–Kier alpha value is -2.67. The van der Waals surface area contributed by atoms with E-state index in [-0.39, 0.29) is 5.69 Å². The van der Waals surface area contributed by atoms with Crippen LogP contribution in [0.4, 0.5) is 5.82 Å². The Kier molecular flexibility index (Phi) is 3.77. The summed E-state index contributed by atoms with van der Waals surface area (Å²) >= 11 is 0. The minimum absolute atomic E-state index is 0.149. The standard InChI is InChI=1S/C14H17N5O2/c1-14(2,13(15)21)18-12(20)10-7-8-5-3-4-6-9(8)11(17-10)19-16/h3-7H,16H2,1-2H3,(H2,15,21)(H,17,19)(H,18,20). The fourth-order valence-corrected chi connectivity index (χ4v) is 1.83. The van der Waals surface area contributed by atoms with Gasteiger partial charge >= 0.3 is 0 Å². The van der Waals surface area contributed by atoms with Crippen molar-refractivity contribution in [1.29, 1.82) is 0 Å². The molecule has 0 aliphatic rings. The molecule has 0 unspecified atom stereocenters. The lowest BCUT2D eigenvalue weighted by Gasteiger charge is -2.22. The summed E-state index contributed by atoms with van der Waals surface area (Å²) in [6.45, 7) is 3.05. The number of aromatic nitrogens is 1. The van der Waals surface area contributed by atoms with Crippen molar-refractivity contribution in [3.8, 4) is 0 Å². The molecule has 1 heterocycles. The minimum Gasteiger partial charge on any atom is -0.368 e. The van der Waals surface area contributed by atoms with E-state index in [1.165, 1.54) is 13.8 Å². The number of carbonyl (C=O) groups is 2. The third-order valence-corrected chi connectivity index (χ3v) is 3.15. The number of anilines is 1. The van der Waals surface area contributed by atoms with Gasteiger partial charge in [-0.15, -0.1) is 0 Å². The molecular weight excluding hydrogens is 270 g/mol. The Balaban J connectivity index is 2.43.